The van der Waals surface area contributed by atoms with E-state index >= 15 is 0 Å². The molecule has 6 heteroatoms. The van der Waals surface area contributed by atoms with Gasteiger partial charge < -0.3 is 64.6 Å². The van der Waals surface area contributed by atoms with Crippen molar-refractivity contribution in [2.75, 3.05) is 22.9 Å². The first-order valence-corrected chi connectivity index (χ1v) is 12.5. The molecule has 0 amide bonds. The molecule has 0 unspecified atom stereocenters. The first kappa shape index (κ1) is 56.0. The van der Waals surface area contributed by atoms with Crippen molar-refractivity contribution >= 4 is 11.4 Å². The van der Waals surface area contributed by atoms with Gasteiger partial charge in [-0.05, 0) is 52.8 Å². The van der Waals surface area contributed by atoms with Gasteiger partial charge in [-0.3, -0.25) is 0 Å². The van der Waals surface area contributed by atoms with E-state index in [4.69, 9.17) is 10.2 Å². The molecule has 41 heavy (non-hydrogen) atoms. The minimum atomic E-state index is -1.17. The first-order chi connectivity index (χ1) is 15.5. The zero-order valence-electron chi connectivity index (χ0n) is 28.8. The number of hydrogen-bond acceptors (Lipinski definition) is 4. The number of aliphatic hydroxyl groups is 2. The summed E-state index contributed by atoms with van der Waals surface area (Å²) in [5.74, 6) is 2.06. The quantitative estimate of drug-likeness (QED) is 0.176. The molecule has 2 aromatic rings. The monoisotopic (exact) mass is 749 g/mol. The normalized spacial score (nSPS) is 11.4. The molecule has 1 aliphatic rings. The van der Waals surface area contributed by atoms with Crippen LogP contribution in [0.3, 0.4) is 0 Å². The summed E-state index contributed by atoms with van der Waals surface area (Å²) in [6.45, 7) is 24.2. The third-order valence-electron chi connectivity index (χ3n) is 6.12. The van der Waals surface area contributed by atoms with Crippen molar-refractivity contribution < 1.29 is 49.2 Å². The fourth-order valence-corrected chi connectivity index (χ4v) is 4.53. The minimum absolute atomic E-state index is 0. The van der Waals surface area contributed by atoms with Gasteiger partial charge in [0.1, 0.15) is 6.29 Å². The van der Waals surface area contributed by atoms with Crippen LogP contribution in [0.15, 0.2) is 36.4 Å². The Morgan fingerprint density at radius 1 is 0.537 bits per heavy atom. The molecule has 1 fully saturated rings. The SMILES string of the molecule is CC(C)c1cccc(C(C)C)c1N1[CH-]N(c2c(C(C)C)cccc2C(C)C)CC1.CC(O)O.[CH3-].[CH3-].[CH3-].[CH3-].[CH3-].[CH3-].[Rh+3].[Rh]. The zero-order valence-corrected chi connectivity index (χ0v) is 32.1. The van der Waals surface area contributed by atoms with Crippen molar-refractivity contribution in [3.05, 3.63) is 110 Å². The molecule has 0 aliphatic carbocycles. The molecule has 1 heterocycles. The van der Waals surface area contributed by atoms with E-state index in [1.165, 1.54) is 40.6 Å². The van der Waals surface area contributed by atoms with Gasteiger partial charge in [-0.2, -0.15) is 6.67 Å². The number of benzene rings is 2. The molecule has 0 spiro atoms. The van der Waals surface area contributed by atoms with Gasteiger partial charge in [0.2, 0.25) is 0 Å². The van der Waals surface area contributed by atoms with Crippen molar-refractivity contribution in [1.29, 1.82) is 0 Å². The van der Waals surface area contributed by atoms with Crippen LogP contribution in [0.25, 0.3) is 0 Å². The summed E-state index contributed by atoms with van der Waals surface area (Å²) in [7, 11) is 0. The van der Waals surface area contributed by atoms with Crippen LogP contribution in [0.1, 0.15) is 108 Å². The molecule has 0 saturated carbocycles. The van der Waals surface area contributed by atoms with E-state index in [-0.39, 0.29) is 83.5 Å². The molecular weight excluding hydrogens is 686 g/mol. The third kappa shape index (κ3) is 15.0. The van der Waals surface area contributed by atoms with Crippen molar-refractivity contribution in [2.45, 2.75) is 92.3 Å². The topological polar surface area (TPSA) is 46.9 Å². The summed E-state index contributed by atoms with van der Waals surface area (Å²) in [4.78, 5) is 5.01. The van der Waals surface area contributed by atoms with E-state index in [1.807, 2.05) is 0 Å². The zero-order chi connectivity index (χ0) is 24.9. The molecule has 1 aliphatic heterocycles. The molecule has 3 rings (SSSR count). The summed E-state index contributed by atoms with van der Waals surface area (Å²) < 4.78 is 0. The molecule has 4 nitrogen and oxygen atoms in total. The van der Waals surface area contributed by atoms with E-state index in [1.54, 1.807) is 0 Å². The van der Waals surface area contributed by atoms with Gasteiger partial charge >= 0.3 is 19.5 Å². The Morgan fingerprint density at radius 2 is 0.732 bits per heavy atom. The van der Waals surface area contributed by atoms with Crippen molar-refractivity contribution in [1.82, 2.24) is 0 Å². The summed E-state index contributed by atoms with van der Waals surface area (Å²) >= 11 is 0. The first-order valence-electron chi connectivity index (χ1n) is 12.5. The smallest absolute Gasteiger partial charge is 0.502 e. The second-order valence-corrected chi connectivity index (χ2v) is 10.3. The molecule has 0 atom stereocenters. The minimum Gasteiger partial charge on any atom is -0.502 e. The average molecular weight is 750 g/mol. The van der Waals surface area contributed by atoms with E-state index in [9.17, 15) is 0 Å². The van der Waals surface area contributed by atoms with Crippen LogP contribution in [0, 0.1) is 51.2 Å². The number of nitrogens with zero attached hydrogens (tertiary/aromatic N) is 2. The molecule has 2 aromatic carbocycles. The Kier molecular flexibility index (Phi) is 35.1. The molecule has 0 bridgehead atoms. The predicted octanol–water partition coefficient (Wildman–Crippen LogP) is 9.64. The van der Waals surface area contributed by atoms with E-state index in [0.717, 1.165) is 13.1 Å². The average Bonchev–Trinajstić information content (AvgIpc) is 3.21. The molecular formula is C35H63N2O2Rh2-4. The van der Waals surface area contributed by atoms with Gasteiger partial charge in [0, 0.05) is 43.9 Å². The standard InChI is InChI=1S/C27H39N2.C2H6O2.6CH3.2Rh/c1-18(2)22-11-9-12-23(19(3)4)26(22)28-15-16-29(17-28)27-24(20(5)6)13-10-14-25(27)21(7)8;1-2(3)4;;;;;;;;/h9-14,17-21H,15-16H2,1-8H3;2-4H,1H3;6*1H3;;/q-1;;6*-1;;+3. The van der Waals surface area contributed by atoms with Gasteiger partial charge in [-0.15, -0.1) is 0 Å². The molecule has 1 saturated heterocycles. The second-order valence-electron chi connectivity index (χ2n) is 10.3. The van der Waals surface area contributed by atoms with Crippen LogP contribution in [0.4, 0.5) is 11.4 Å². The van der Waals surface area contributed by atoms with Crippen LogP contribution in [-0.2, 0) is 39.0 Å². The number of hydrogen-bond donors (Lipinski definition) is 2. The van der Waals surface area contributed by atoms with Crippen LogP contribution in [0.5, 0.6) is 0 Å². The largest absolute Gasteiger partial charge is 3.00 e. The molecule has 2 N–H and O–H groups in total. The van der Waals surface area contributed by atoms with Gasteiger partial charge in [0.25, 0.3) is 0 Å². The number of anilines is 2. The van der Waals surface area contributed by atoms with Crippen molar-refractivity contribution in [3.63, 3.8) is 0 Å². The number of rotatable bonds is 6. The molecule has 247 valence electrons. The van der Waals surface area contributed by atoms with Crippen LogP contribution in [-0.4, -0.2) is 29.6 Å². The van der Waals surface area contributed by atoms with Crippen molar-refractivity contribution in [3.8, 4) is 0 Å². The summed E-state index contributed by atoms with van der Waals surface area (Å²) in [6, 6.07) is 13.7. The number of aliphatic hydroxyl groups excluding tert-OH is 1. The summed E-state index contributed by atoms with van der Waals surface area (Å²) in [5.41, 5.74) is 8.67. The van der Waals surface area contributed by atoms with Crippen molar-refractivity contribution in [2.24, 2.45) is 0 Å². The predicted molar refractivity (Wildman–Crippen MR) is 181 cm³/mol. The molecule has 0 aromatic heterocycles. The Balaban J connectivity index is -0.000000181. The number of para-hydroxylation sites is 2. The summed E-state index contributed by atoms with van der Waals surface area (Å²) in [6.07, 6.45) is -1.17. The van der Waals surface area contributed by atoms with E-state index < -0.39 is 6.29 Å². The van der Waals surface area contributed by atoms with Gasteiger partial charge in [0.05, 0.1) is 0 Å². The molecule has 1 radical (unpaired) electrons. The second kappa shape index (κ2) is 25.7. The fraction of sp³-hybridized carbons (Fsp3) is 0.457. The van der Waals surface area contributed by atoms with Crippen LogP contribution >= 0.6 is 0 Å². The fourth-order valence-electron chi connectivity index (χ4n) is 4.53. The maximum atomic E-state index is 7.61. The van der Waals surface area contributed by atoms with E-state index in [2.05, 4.69) is 108 Å². The Labute approximate surface area is 284 Å². The third-order valence-corrected chi connectivity index (χ3v) is 6.12. The maximum absolute atomic E-state index is 7.61. The van der Waals surface area contributed by atoms with Gasteiger partial charge in [0.15, 0.2) is 0 Å². The van der Waals surface area contributed by atoms with Gasteiger partial charge in [-0.25, -0.2) is 0 Å². The Hall–Kier alpha value is -0.793. The maximum Gasteiger partial charge on any atom is 3.00 e. The van der Waals surface area contributed by atoms with Crippen LogP contribution in [0.2, 0.25) is 0 Å². The Morgan fingerprint density at radius 3 is 0.902 bits per heavy atom. The summed E-state index contributed by atoms with van der Waals surface area (Å²) in [5, 5.41) is 15.2. The van der Waals surface area contributed by atoms with E-state index in [0.29, 0.717) is 23.7 Å². The van der Waals surface area contributed by atoms with Crippen LogP contribution < -0.4 is 9.80 Å². The Bertz CT molecular complexity index is 775. The van der Waals surface area contributed by atoms with Gasteiger partial charge in [-0.1, -0.05) is 91.8 Å².